The van der Waals surface area contributed by atoms with Gasteiger partial charge in [-0.1, -0.05) is 51.1 Å². The van der Waals surface area contributed by atoms with Crippen molar-refractivity contribution >= 4 is 30.3 Å². The molecule has 2 aromatic carbocycles. The van der Waals surface area contributed by atoms with Gasteiger partial charge < -0.3 is 9.64 Å². The van der Waals surface area contributed by atoms with Crippen LogP contribution in [0.5, 0.6) is 10.9 Å². The van der Waals surface area contributed by atoms with E-state index in [1.165, 1.54) is 34.6 Å². The summed E-state index contributed by atoms with van der Waals surface area (Å²) in [5.74, 6) is 1.50. The summed E-state index contributed by atoms with van der Waals surface area (Å²) in [4.78, 5) is 6.46. The molecule has 0 aliphatic heterocycles. The molecular weight excluding hydrogens is 428 g/mol. The van der Waals surface area contributed by atoms with E-state index in [2.05, 4.69) is 73.5 Å². The Morgan fingerprint density at radius 1 is 1.10 bits per heavy atom. The minimum Gasteiger partial charge on any atom is -0.430 e. The van der Waals surface area contributed by atoms with Crippen LogP contribution in [0.2, 0.25) is 0 Å². The van der Waals surface area contributed by atoms with Gasteiger partial charge in [0, 0.05) is 30.7 Å². The van der Waals surface area contributed by atoms with Crippen LogP contribution in [-0.4, -0.2) is 34.2 Å². The monoisotopic (exact) mass is 458 g/mol. The summed E-state index contributed by atoms with van der Waals surface area (Å²) in [6.45, 7) is 11.6. The first-order valence-corrected chi connectivity index (χ1v) is 10.9. The molecule has 0 radical (unpaired) electrons. The van der Waals surface area contributed by atoms with Gasteiger partial charge in [0.2, 0.25) is 0 Å². The van der Waals surface area contributed by atoms with Crippen LogP contribution in [-0.2, 0) is 11.8 Å². The number of aromatic nitrogens is 2. The van der Waals surface area contributed by atoms with Gasteiger partial charge in [0.1, 0.15) is 5.75 Å². The number of ether oxygens (including phenoxy) is 1. The van der Waals surface area contributed by atoms with Crippen molar-refractivity contribution in [2.75, 3.05) is 13.6 Å². The largest absolute Gasteiger partial charge is 0.430 e. The molecule has 0 amide bonds. The van der Waals surface area contributed by atoms with E-state index in [0.717, 1.165) is 29.8 Å². The summed E-state index contributed by atoms with van der Waals surface area (Å²) in [5.41, 5.74) is 5.92. The molecule has 0 saturated heterocycles. The fraction of sp³-hybridized carbons (Fsp3) is 0.375. The van der Waals surface area contributed by atoms with E-state index in [4.69, 9.17) is 10.1 Å². The van der Waals surface area contributed by atoms with Crippen LogP contribution in [0, 0.1) is 19.3 Å². The second kappa shape index (κ2) is 10.2. The van der Waals surface area contributed by atoms with Crippen LogP contribution in [0.4, 0.5) is 0 Å². The normalized spacial score (nSPS) is 11.0. The molecule has 0 saturated carbocycles. The Kier molecular flexibility index (Phi) is 8.21. The Hall–Kier alpha value is -2.44. The van der Waals surface area contributed by atoms with Gasteiger partial charge in [-0.2, -0.15) is 9.36 Å². The Morgan fingerprint density at radius 3 is 2.39 bits per heavy atom. The first kappa shape index (κ1) is 24.8. The lowest BCUT2D eigenvalue weighted by atomic mass is 9.87. The number of halogens is 1. The van der Waals surface area contributed by atoms with Gasteiger partial charge in [-0.3, -0.25) is 5.41 Å². The highest BCUT2D eigenvalue weighted by molar-refractivity contribution is 7.07. The third-order valence-electron chi connectivity index (χ3n) is 5.20. The van der Waals surface area contributed by atoms with Crippen molar-refractivity contribution in [3.8, 4) is 22.3 Å². The second-order valence-corrected chi connectivity index (χ2v) is 9.43. The van der Waals surface area contributed by atoms with E-state index in [9.17, 15) is 0 Å². The zero-order chi connectivity index (χ0) is 21.9. The molecule has 31 heavy (non-hydrogen) atoms. The summed E-state index contributed by atoms with van der Waals surface area (Å²) in [5, 5.41) is 7.85. The predicted molar refractivity (Wildman–Crippen MR) is 132 cm³/mol. The van der Waals surface area contributed by atoms with Crippen molar-refractivity contribution in [3.63, 3.8) is 0 Å². The molecule has 3 rings (SSSR count). The molecule has 1 aromatic heterocycles. The fourth-order valence-corrected chi connectivity index (χ4v) is 3.74. The number of likely N-dealkylation sites (N-methyl/N-ethyl adjacent to an activating group) is 1. The highest BCUT2D eigenvalue weighted by Crippen LogP contribution is 2.32. The van der Waals surface area contributed by atoms with E-state index in [1.54, 1.807) is 0 Å². The molecule has 1 N–H and O–H groups in total. The van der Waals surface area contributed by atoms with Crippen LogP contribution < -0.4 is 4.74 Å². The number of hydrogen-bond donors (Lipinski definition) is 1. The number of aryl methyl sites for hydroxylation is 2. The predicted octanol–water partition coefficient (Wildman–Crippen LogP) is 6.41. The number of hydrogen-bond acceptors (Lipinski definition) is 5. The van der Waals surface area contributed by atoms with Crippen molar-refractivity contribution in [2.45, 2.75) is 46.5 Å². The Morgan fingerprint density at radius 2 is 1.77 bits per heavy atom. The lowest BCUT2D eigenvalue weighted by Crippen LogP contribution is -2.18. The van der Waals surface area contributed by atoms with Gasteiger partial charge in [-0.05, 0) is 54.0 Å². The van der Waals surface area contributed by atoms with Crippen LogP contribution >= 0.6 is 23.9 Å². The topological polar surface area (TPSA) is 62.1 Å². The SMILES string of the molecule is Cc1cc(Oc2nc(-c3ccc(C(C)(C)C)cc3)ns2)c(C)cc1CCN(C)C=N.Cl. The third kappa shape index (κ3) is 6.28. The van der Waals surface area contributed by atoms with E-state index in [-0.39, 0.29) is 17.8 Å². The molecule has 3 aromatic rings. The molecule has 0 fully saturated rings. The maximum absolute atomic E-state index is 7.30. The summed E-state index contributed by atoms with van der Waals surface area (Å²) < 4.78 is 10.6. The van der Waals surface area contributed by atoms with Gasteiger partial charge >= 0.3 is 0 Å². The molecule has 166 valence electrons. The van der Waals surface area contributed by atoms with Gasteiger partial charge in [-0.15, -0.1) is 12.4 Å². The van der Waals surface area contributed by atoms with Gasteiger partial charge in [0.25, 0.3) is 5.19 Å². The minimum atomic E-state index is 0. The van der Waals surface area contributed by atoms with E-state index in [0.29, 0.717) is 11.0 Å². The van der Waals surface area contributed by atoms with Crippen LogP contribution in [0.1, 0.15) is 43.0 Å². The zero-order valence-electron chi connectivity index (χ0n) is 19.0. The average molecular weight is 459 g/mol. The van der Waals surface area contributed by atoms with Crippen molar-refractivity contribution in [3.05, 3.63) is 58.7 Å². The van der Waals surface area contributed by atoms with Crippen LogP contribution in [0.25, 0.3) is 11.4 Å². The molecule has 0 bridgehead atoms. The summed E-state index contributed by atoms with van der Waals surface area (Å²) in [6.07, 6.45) is 2.25. The first-order valence-electron chi connectivity index (χ1n) is 10.1. The Bertz CT molecular complexity index is 1030. The zero-order valence-corrected chi connectivity index (χ0v) is 20.7. The molecule has 0 spiro atoms. The van der Waals surface area contributed by atoms with Crippen molar-refractivity contribution in [1.82, 2.24) is 14.3 Å². The quantitative estimate of drug-likeness (QED) is 0.328. The standard InChI is InChI=1S/C24H30N4OS.ClH/c1-16-14-21(17(2)13-19(16)11-12-28(6)15-25)29-23-26-22(27-30-23)18-7-9-20(10-8-18)24(3,4)5;/h7-10,13-15,25H,11-12H2,1-6H3;1H. The van der Waals surface area contributed by atoms with Gasteiger partial charge in [0.15, 0.2) is 5.82 Å². The smallest absolute Gasteiger partial charge is 0.299 e. The maximum Gasteiger partial charge on any atom is 0.299 e. The Balaban J connectivity index is 0.00000341. The highest BCUT2D eigenvalue weighted by Gasteiger charge is 2.15. The molecule has 0 atom stereocenters. The van der Waals surface area contributed by atoms with Crippen molar-refractivity contribution < 1.29 is 4.74 Å². The number of nitrogens with zero attached hydrogens (tertiary/aromatic N) is 3. The van der Waals surface area contributed by atoms with Gasteiger partial charge in [0.05, 0.1) is 6.34 Å². The van der Waals surface area contributed by atoms with Gasteiger partial charge in [-0.25, -0.2) is 0 Å². The molecule has 5 nitrogen and oxygen atoms in total. The van der Waals surface area contributed by atoms with Crippen LogP contribution in [0.3, 0.4) is 0 Å². The number of benzene rings is 2. The summed E-state index contributed by atoms with van der Waals surface area (Å²) >= 11 is 1.27. The number of nitrogens with one attached hydrogen (secondary N) is 1. The average Bonchev–Trinajstić information content (AvgIpc) is 3.17. The van der Waals surface area contributed by atoms with Crippen molar-refractivity contribution in [2.24, 2.45) is 0 Å². The second-order valence-electron chi connectivity index (χ2n) is 8.72. The Labute approximate surface area is 195 Å². The molecule has 0 aliphatic carbocycles. The summed E-state index contributed by atoms with van der Waals surface area (Å²) in [6, 6.07) is 12.6. The molecule has 0 aliphatic rings. The fourth-order valence-electron chi connectivity index (χ4n) is 3.17. The van der Waals surface area contributed by atoms with E-state index in [1.807, 2.05) is 18.9 Å². The van der Waals surface area contributed by atoms with E-state index >= 15 is 0 Å². The lowest BCUT2D eigenvalue weighted by molar-refractivity contribution is 0.474. The maximum atomic E-state index is 7.30. The molecule has 1 heterocycles. The van der Waals surface area contributed by atoms with Crippen LogP contribution in [0.15, 0.2) is 36.4 Å². The lowest BCUT2D eigenvalue weighted by Gasteiger charge is -2.18. The first-order chi connectivity index (χ1) is 14.2. The molecule has 7 heteroatoms. The summed E-state index contributed by atoms with van der Waals surface area (Å²) in [7, 11) is 1.91. The number of rotatable bonds is 7. The third-order valence-corrected chi connectivity index (χ3v) is 5.80. The molecule has 0 unspecified atom stereocenters. The van der Waals surface area contributed by atoms with E-state index < -0.39 is 0 Å². The molecular formula is C24H31ClN4OS. The minimum absolute atomic E-state index is 0. The van der Waals surface area contributed by atoms with Crippen molar-refractivity contribution in [1.29, 1.82) is 5.41 Å². The highest BCUT2D eigenvalue weighted by atomic mass is 35.5.